The minimum atomic E-state index is -0.205. The van der Waals surface area contributed by atoms with Crippen LogP contribution in [0, 0.1) is 0 Å². The van der Waals surface area contributed by atoms with Gasteiger partial charge in [0.25, 0.3) is 0 Å². The lowest BCUT2D eigenvalue weighted by Gasteiger charge is -2.21. The SMILES string of the molecule is CC1(CN)Cc2cc(Br)ccc2O1. The maximum Gasteiger partial charge on any atom is 0.123 e. The second kappa shape index (κ2) is 3.00. The van der Waals surface area contributed by atoms with Gasteiger partial charge < -0.3 is 10.5 Å². The number of ether oxygens (including phenoxy) is 1. The zero-order chi connectivity index (χ0) is 9.47. The van der Waals surface area contributed by atoms with Gasteiger partial charge in [0.1, 0.15) is 11.4 Å². The molecule has 2 N–H and O–H groups in total. The summed E-state index contributed by atoms with van der Waals surface area (Å²) in [6.07, 6.45) is 0.901. The van der Waals surface area contributed by atoms with E-state index in [9.17, 15) is 0 Å². The first-order valence-electron chi connectivity index (χ1n) is 4.30. The summed E-state index contributed by atoms with van der Waals surface area (Å²) < 4.78 is 6.85. The third-order valence-corrected chi connectivity index (χ3v) is 2.87. The van der Waals surface area contributed by atoms with Gasteiger partial charge in [-0.3, -0.25) is 0 Å². The first-order valence-corrected chi connectivity index (χ1v) is 5.10. The Balaban J connectivity index is 2.35. The van der Waals surface area contributed by atoms with Crippen molar-refractivity contribution >= 4 is 15.9 Å². The van der Waals surface area contributed by atoms with E-state index in [2.05, 4.69) is 22.0 Å². The Morgan fingerprint density at radius 2 is 2.38 bits per heavy atom. The fourth-order valence-corrected chi connectivity index (χ4v) is 2.01. The van der Waals surface area contributed by atoms with Crippen molar-refractivity contribution in [2.45, 2.75) is 18.9 Å². The first kappa shape index (κ1) is 9.03. The minimum Gasteiger partial charge on any atom is -0.486 e. The van der Waals surface area contributed by atoms with Crippen LogP contribution in [0.25, 0.3) is 0 Å². The highest BCUT2D eigenvalue weighted by molar-refractivity contribution is 9.10. The van der Waals surface area contributed by atoms with E-state index in [1.807, 2.05) is 19.1 Å². The summed E-state index contributed by atoms with van der Waals surface area (Å²) in [5, 5.41) is 0. The molecular weight excluding hydrogens is 230 g/mol. The number of nitrogens with two attached hydrogens (primary N) is 1. The van der Waals surface area contributed by atoms with E-state index in [0.717, 1.165) is 16.6 Å². The van der Waals surface area contributed by atoms with Crippen molar-refractivity contribution in [2.75, 3.05) is 6.54 Å². The minimum absolute atomic E-state index is 0.205. The highest BCUT2D eigenvalue weighted by Crippen LogP contribution is 2.35. The van der Waals surface area contributed by atoms with Crippen LogP contribution in [0.4, 0.5) is 0 Å². The average molecular weight is 242 g/mol. The molecule has 0 spiro atoms. The van der Waals surface area contributed by atoms with Crippen LogP contribution in [-0.4, -0.2) is 12.1 Å². The molecule has 1 atom stereocenters. The second-order valence-electron chi connectivity index (χ2n) is 3.68. The van der Waals surface area contributed by atoms with Gasteiger partial charge in [0.2, 0.25) is 0 Å². The number of hydrogen-bond donors (Lipinski definition) is 1. The van der Waals surface area contributed by atoms with Gasteiger partial charge in [-0.15, -0.1) is 0 Å². The lowest BCUT2D eigenvalue weighted by molar-refractivity contribution is 0.126. The van der Waals surface area contributed by atoms with Gasteiger partial charge in [-0.05, 0) is 30.7 Å². The molecule has 70 valence electrons. The largest absolute Gasteiger partial charge is 0.486 e. The van der Waals surface area contributed by atoms with E-state index in [4.69, 9.17) is 10.5 Å². The Bertz CT molecular complexity index is 340. The van der Waals surface area contributed by atoms with Gasteiger partial charge in [-0.1, -0.05) is 15.9 Å². The van der Waals surface area contributed by atoms with Crippen molar-refractivity contribution < 1.29 is 4.74 Å². The molecule has 0 fully saturated rings. The fraction of sp³-hybridized carbons (Fsp3) is 0.400. The summed E-state index contributed by atoms with van der Waals surface area (Å²) in [5.41, 5.74) is 6.68. The van der Waals surface area contributed by atoms with Gasteiger partial charge >= 0.3 is 0 Å². The zero-order valence-corrected chi connectivity index (χ0v) is 9.10. The van der Waals surface area contributed by atoms with Gasteiger partial charge in [0.15, 0.2) is 0 Å². The topological polar surface area (TPSA) is 35.2 Å². The summed E-state index contributed by atoms with van der Waals surface area (Å²) in [4.78, 5) is 0. The van der Waals surface area contributed by atoms with E-state index in [0.29, 0.717) is 6.54 Å². The van der Waals surface area contributed by atoms with Gasteiger partial charge in [0, 0.05) is 17.4 Å². The first-order chi connectivity index (χ1) is 6.13. The Morgan fingerprint density at radius 3 is 3.08 bits per heavy atom. The van der Waals surface area contributed by atoms with Crippen LogP contribution >= 0.6 is 15.9 Å². The van der Waals surface area contributed by atoms with E-state index < -0.39 is 0 Å². The standard InChI is InChI=1S/C10H12BrNO/c1-10(6-12)5-7-4-8(11)2-3-9(7)13-10/h2-4H,5-6,12H2,1H3. The van der Waals surface area contributed by atoms with Crippen molar-refractivity contribution in [3.8, 4) is 5.75 Å². The molecule has 0 saturated heterocycles. The molecule has 13 heavy (non-hydrogen) atoms. The highest BCUT2D eigenvalue weighted by Gasteiger charge is 2.33. The normalized spacial score (nSPS) is 25.5. The lowest BCUT2D eigenvalue weighted by atomic mass is 10.00. The Labute approximate surface area is 86.2 Å². The molecule has 1 heterocycles. The lowest BCUT2D eigenvalue weighted by Crippen LogP contribution is -2.38. The predicted octanol–water partition coefficient (Wildman–Crippen LogP) is 2.10. The molecule has 1 aromatic rings. The molecule has 1 aliphatic heterocycles. The highest BCUT2D eigenvalue weighted by atomic mass is 79.9. The zero-order valence-electron chi connectivity index (χ0n) is 7.51. The maximum absolute atomic E-state index is 5.75. The summed E-state index contributed by atoms with van der Waals surface area (Å²) in [6, 6.07) is 6.07. The molecular formula is C10H12BrNO. The summed E-state index contributed by atoms with van der Waals surface area (Å²) in [7, 11) is 0. The molecule has 1 aliphatic rings. The molecule has 2 nitrogen and oxygen atoms in total. The number of fused-ring (bicyclic) bond motifs is 1. The monoisotopic (exact) mass is 241 g/mol. The molecule has 1 aromatic carbocycles. The van der Waals surface area contributed by atoms with Crippen molar-refractivity contribution in [1.29, 1.82) is 0 Å². The van der Waals surface area contributed by atoms with Crippen LogP contribution in [0.2, 0.25) is 0 Å². The maximum atomic E-state index is 5.75. The Hall–Kier alpha value is -0.540. The summed E-state index contributed by atoms with van der Waals surface area (Å²) in [6.45, 7) is 2.60. The van der Waals surface area contributed by atoms with Gasteiger partial charge in [-0.25, -0.2) is 0 Å². The van der Waals surface area contributed by atoms with Crippen LogP contribution in [0.5, 0.6) is 5.75 Å². The molecule has 0 radical (unpaired) electrons. The fourth-order valence-electron chi connectivity index (χ4n) is 1.60. The third-order valence-electron chi connectivity index (χ3n) is 2.38. The molecule has 0 bridgehead atoms. The van der Waals surface area contributed by atoms with Crippen molar-refractivity contribution in [2.24, 2.45) is 5.73 Å². The van der Waals surface area contributed by atoms with E-state index in [-0.39, 0.29) is 5.60 Å². The van der Waals surface area contributed by atoms with Crippen LogP contribution in [-0.2, 0) is 6.42 Å². The van der Waals surface area contributed by atoms with Gasteiger partial charge in [0.05, 0.1) is 0 Å². The number of benzene rings is 1. The molecule has 0 amide bonds. The van der Waals surface area contributed by atoms with Crippen molar-refractivity contribution in [3.63, 3.8) is 0 Å². The number of rotatable bonds is 1. The Kier molecular flexibility index (Phi) is 2.08. The summed E-state index contributed by atoms with van der Waals surface area (Å²) >= 11 is 3.44. The van der Waals surface area contributed by atoms with Gasteiger partial charge in [-0.2, -0.15) is 0 Å². The second-order valence-corrected chi connectivity index (χ2v) is 4.60. The van der Waals surface area contributed by atoms with E-state index >= 15 is 0 Å². The average Bonchev–Trinajstić information content (AvgIpc) is 2.42. The summed E-state index contributed by atoms with van der Waals surface area (Å²) in [5.74, 6) is 0.969. The van der Waals surface area contributed by atoms with Crippen LogP contribution in [0.3, 0.4) is 0 Å². The Morgan fingerprint density at radius 1 is 1.62 bits per heavy atom. The molecule has 2 rings (SSSR count). The quantitative estimate of drug-likeness (QED) is 0.818. The molecule has 1 unspecified atom stereocenters. The molecule has 0 aliphatic carbocycles. The van der Waals surface area contributed by atoms with Crippen LogP contribution in [0.15, 0.2) is 22.7 Å². The van der Waals surface area contributed by atoms with E-state index in [1.54, 1.807) is 0 Å². The van der Waals surface area contributed by atoms with Crippen LogP contribution in [0.1, 0.15) is 12.5 Å². The molecule has 3 heteroatoms. The number of hydrogen-bond acceptors (Lipinski definition) is 2. The van der Waals surface area contributed by atoms with Crippen molar-refractivity contribution in [1.82, 2.24) is 0 Å². The third kappa shape index (κ3) is 1.58. The van der Waals surface area contributed by atoms with Crippen molar-refractivity contribution in [3.05, 3.63) is 28.2 Å². The number of halogens is 1. The molecule has 0 saturated carbocycles. The van der Waals surface area contributed by atoms with E-state index in [1.165, 1.54) is 5.56 Å². The molecule has 0 aromatic heterocycles. The smallest absolute Gasteiger partial charge is 0.123 e. The van der Waals surface area contributed by atoms with Crippen LogP contribution < -0.4 is 10.5 Å². The predicted molar refractivity (Wildman–Crippen MR) is 55.9 cm³/mol.